The van der Waals surface area contributed by atoms with Crippen molar-refractivity contribution in [1.82, 2.24) is 0 Å². The minimum Gasteiger partial charge on any atom is -0.325 e. The van der Waals surface area contributed by atoms with Crippen molar-refractivity contribution in [3.63, 3.8) is 0 Å². The van der Waals surface area contributed by atoms with Crippen molar-refractivity contribution < 1.29 is 4.79 Å². The minimum atomic E-state index is -0.328. The van der Waals surface area contributed by atoms with E-state index in [1.165, 1.54) is 0 Å². The van der Waals surface area contributed by atoms with Crippen LogP contribution in [0.25, 0.3) is 0 Å². The predicted molar refractivity (Wildman–Crippen MR) is 75.2 cm³/mol. The van der Waals surface area contributed by atoms with E-state index < -0.39 is 0 Å². The number of rotatable bonds is 3. The Morgan fingerprint density at radius 3 is 2.61 bits per heavy atom. The molecule has 3 nitrogen and oxygen atoms in total. The number of hydrogen-bond donors (Lipinski definition) is 2. The van der Waals surface area contributed by atoms with Gasteiger partial charge in [-0.1, -0.05) is 23.2 Å². The maximum Gasteiger partial charge on any atom is 0.226 e. The highest BCUT2D eigenvalue weighted by Crippen LogP contribution is 2.33. The van der Waals surface area contributed by atoms with Gasteiger partial charge in [0, 0.05) is 17.0 Å². The molecule has 98 valence electrons. The summed E-state index contributed by atoms with van der Waals surface area (Å²) in [6.45, 7) is 1.86. The van der Waals surface area contributed by atoms with Crippen LogP contribution in [0.3, 0.4) is 0 Å². The van der Waals surface area contributed by atoms with Gasteiger partial charge in [-0.25, -0.2) is 0 Å². The van der Waals surface area contributed by atoms with Gasteiger partial charge in [0.2, 0.25) is 5.91 Å². The summed E-state index contributed by atoms with van der Waals surface area (Å²) < 4.78 is 0. The first-order valence-corrected chi connectivity index (χ1v) is 6.70. The van der Waals surface area contributed by atoms with Crippen LogP contribution < -0.4 is 11.1 Å². The molecular formula is C13H16Cl2N2O. The molecule has 0 heterocycles. The maximum absolute atomic E-state index is 11.9. The normalized spacial score (nSPS) is 17.1. The zero-order valence-corrected chi connectivity index (χ0v) is 11.7. The number of halogens is 2. The zero-order chi connectivity index (χ0) is 13.3. The molecule has 5 heteroatoms. The van der Waals surface area contributed by atoms with Crippen molar-refractivity contribution in [2.45, 2.75) is 38.1 Å². The summed E-state index contributed by atoms with van der Waals surface area (Å²) in [5, 5.41) is 3.84. The summed E-state index contributed by atoms with van der Waals surface area (Å²) >= 11 is 12.1. The number of carbonyl (C=O) groups is 1. The average Bonchev–Trinajstić information content (AvgIpc) is 2.23. The van der Waals surface area contributed by atoms with E-state index in [0.717, 1.165) is 24.8 Å². The Bertz CT molecular complexity index is 484. The summed E-state index contributed by atoms with van der Waals surface area (Å²) in [6.07, 6.45) is 3.24. The molecule has 0 spiro atoms. The molecule has 0 radical (unpaired) electrons. The summed E-state index contributed by atoms with van der Waals surface area (Å²) in [6, 6.07) is 3.40. The summed E-state index contributed by atoms with van der Waals surface area (Å²) in [7, 11) is 0. The fraction of sp³-hybridized carbons (Fsp3) is 0.462. The van der Waals surface area contributed by atoms with E-state index in [9.17, 15) is 4.79 Å². The third-order valence-electron chi connectivity index (χ3n) is 3.38. The Balaban J connectivity index is 2.05. The lowest BCUT2D eigenvalue weighted by atomic mass is 9.75. The second kappa shape index (κ2) is 5.08. The van der Waals surface area contributed by atoms with Gasteiger partial charge >= 0.3 is 0 Å². The highest BCUT2D eigenvalue weighted by atomic mass is 35.5. The van der Waals surface area contributed by atoms with Crippen molar-refractivity contribution in [3.05, 3.63) is 27.7 Å². The topological polar surface area (TPSA) is 55.1 Å². The van der Waals surface area contributed by atoms with Gasteiger partial charge in [0.05, 0.1) is 10.7 Å². The SMILES string of the molecule is Cc1cc(Cl)c(NC(=O)CC2(N)CCC2)cc1Cl. The van der Waals surface area contributed by atoms with E-state index in [-0.39, 0.29) is 11.4 Å². The lowest BCUT2D eigenvalue weighted by Gasteiger charge is -2.37. The number of aryl methyl sites for hydroxylation is 1. The highest BCUT2D eigenvalue weighted by molar-refractivity contribution is 6.36. The molecule has 0 saturated heterocycles. The average molecular weight is 287 g/mol. The first kappa shape index (κ1) is 13.7. The lowest BCUT2D eigenvalue weighted by molar-refractivity contribution is -0.118. The summed E-state index contributed by atoms with van der Waals surface area (Å²) in [5.74, 6) is -0.112. The van der Waals surface area contributed by atoms with Crippen molar-refractivity contribution in [3.8, 4) is 0 Å². The third kappa shape index (κ3) is 2.97. The van der Waals surface area contributed by atoms with Gasteiger partial charge in [-0.2, -0.15) is 0 Å². The van der Waals surface area contributed by atoms with Crippen molar-refractivity contribution in [1.29, 1.82) is 0 Å². The molecule has 2 rings (SSSR count). The second-order valence-corrected chi connectivity index (χ2v) is 5.84. The van der Waals surface area contributed by atoms with E-state index in [4.69, 9.17) is 28.9 Å². The molecule has 1 aromatic rings. The fourth-order valence-electron chi connectivity index (χ4n) is 2.06. The van der Waals surface area contributed by atoms with Crippen LogP contribution in [0.5, 0.6) is 0 Å². The van der Waals surface area contributed by atoms with Gasteiger partial charge < -0.3 is 11.1 Å². The number of benzene rings is 1. The fourth-order valence-corrected chi connectivity index (χ4v) is 2.49. The first-order valence-electron chi connectivity index (χ1n) is 5.94. The minimum absolute atomic E-state index is 0.112. The van der Waals surface area contributed by atoms with E-state index in [1.807, 2.05) is 6.92 Å². The Hall–Kier alpha value is -0.770. The van der Waals surface area contributed by atoms with E-state index in [0.29, 0.717) is 22.2 Å². The molecule has 1 aliphatic carbocycles. The number of nitrogens with two attached hydrogens (primary N) is 1. The molecule has 1 aromatic carbocycles. The monoisotopic (exact) mass is 286 g/mol. The van der Waals surface area contributed by atoms with Crippen LogP contribution in [0, 0.1) is 6.92 Å². The standard InChI is InChI=1S/C13H16Cl2N2O/c1-8-5-10(15)11(6-9(8)14)17-12(18)7-13(16)3-2-4-13/h5-6H,2-4,7,16H2,1H3,(H,17,18). The molecule has 0 bridgehead atoms. The molecule has 0 unspecified atom stereocenters. The second-order valence-electron chi connectivity index (χ2n) is 5.02. The van der Waals surface area contributed by atoms with Crippen molar-refractivity contribution >= 4 is 34.8 Å². The molecule has 1 aliphatic rings. The molecule has 0 atom stereocenters. The van der Waals surface area contributed by atoms with Gasteiger partial charge in [-0.15, -0.1) is 0 Å². The van der Waals surface area contributed by atoms with Crippen LogP contribution in [0.2, 0.25) is 10.0 Å². The molecule has 0 aliphatic heterocycles. The number of amides is 1. The van der Waals surface area contributed by atoms with Crippen LogP contribution in [-0.4, -0.2) is 11.4 Å². The summed E-state index contributed by atoms with van der Waals surface area (Å²) in [5.41, 5.74) is 7.13. The molecular weight excluding hydrogens is 271 g/mol. The highest BCUT2D eigenvalue weighted by Gasteiger charge is 2.34. The first-order chi connectivity index (χ1) is 8.39. The van der Waals surface area contributed by atoms with Gasteiger partial charge in [0.15, 0.2) is 0 Å². The zero-order valence-electron chi connectivity index (χ0n) is 10.2. The molecule has 1 saturated carbocycles. The molecule has 0 aromatic heterocycles. The number of anilines is 1. The quantitative estimate of drug-likeness (QED) is 0.893. The van der Waals surface area contributed by atoms with Crippen molar-refractivity contribution in [2.75, 3.05) is 5.32 Å². The largest absolute Gasteiger partial charge is 0.325 e. The third-order valence-corrected chi connectivity index (χ3v) is 4.10. The van der Waals surface area contributed by atoms with Crippen LogP contribution >= 0.6 is 23.2 Å². The Morgan fingerprint density at radius 1 is 1.39 bits per heavy atom. The Labute approximate surface area is 117 Å². The van der Waals surface area contributed by atoms with Crippen LogP contribution in [-0.2, 0) is 4.79 Å². The number of carbonyl (C=O) groups excluding carboxylic acids is 1. The van der Waals surface area contributed by atoms with E-state index in [2.05, 4.69) is 5.32 Å². The van der Waals surface area contributed by atoms with Crippen LogP contribution in [0.15, 0.2) is 12.1 Å². The van der Waals surface area contributed by atoms with Gasteiger partial charge in [-0.05, 0) is 43.9 Å². The molecule has 1 amide bonds. The Morgan fingerprint density at radius 2 is 2.06 bits per heavy atom. The lowest BCUT2D eigenvalue weighted by Crippen LogP contribution is -2.48. The molecule has 3 N–H and O–H groups in total. The van der Waals surface area contributed by atoms with Crippen LogP contribution in [0.4, 0.5) is 5.69 Å². The van der Waals surface area contributed by atoms with Crippen molar-refractivity contribution in [2.24, 2.45) is 5.73 Å². The number of hydrogen-bond acceptors (Lipinski definition) is 2. The molecule has 18 heavy (non-hydrogen) atoms. The van der Waals surface area contributed by atoms with E-state index in [1.54, 1.807) is 12.1 Å². The predicted octanol–water partition coefficient (Wildman–Crippen LogP) is 3.51. The smallest absolute Gasteiger partial charge is 0.226 e. The van der Waals surface area contributed by atoms with Crippen LogP contribution in [0.1, 0.15) is 31.2 Å². The summed E-state index contributed by atoms with van der Waals surface area (Å²) in [4.78, 5) is 11.9. The van der Waals surface area contributed by atoms with E-state index >= 15 is 0 Å². The maximum atomic E-state index is 11.9. The van der Waals surface area contributed by atoms with Gasteiger partial charge in [0.1, 0.15) is 0 Å². The Kier molecular flexibility index (Phi) is 3.85. The van der Waals surface area contributed by atoms with Gasteiger partial charge in [-0.3, -0.25) is 4.79 Å². The molecule has 1 fully saturated rings. The van der Waals surface area contributed by atoms with Gasteiger partial charge in [0.25, 0.3) is 0 Å². The number of nitrogens with one attached hydrogen (secondary N) is 1.